The molecule has 0 aliphatic rings. The molecule has 0 atom stereocenters. The summed E-state index contributed by atoms with van der Waals surface area (Å²) in [5.41, 5.74) is 9.29. The molecule has 3 rings (SSSR count). The fraction of sp³-hybridized carbons (Fsp3) is 0.143. The van der Waals surface area contributed by atoms with Crippen LogP contribution >= 0.6 is 11.6 Å². The van der Waals surface area contributed by atoms with E-state index >= 15 is 0 Å². The van der Waals surface area contributed by atoms with Crippen LogP contribution in [0.15, 0.2) is 36.5 Å². The van der Waals surface area contributed by atoms with Gasteiger partial charge >= 0.3 is 0 Å². The van der Waals surface area contributed by atoms with Crippen molar-refractivity contribution in [3.63, 3.8) is 0 Å². The first-order valence-electron chi connectivity index (χ1n) is 5.99. The monoisotopic (exact) mass is 272 g/mol. The van der Waals surface area contributed by atoms with Crippen molar-refractivity contribution in [2.24, 2.45) is 5.73 Å². The first kappa shape index (κ1) is 12.1. The van der Waals surface area contributed by atoms with E-state index in [1.165, 1.54) is 0 Å². The molecule has 0 saturated heterocycles. The van der Waals surface area contributed by atoms with E-state index in [1.54, 1.807) is 10.9 Å². The van der Waals surface area contributed by atoms with Crippen molar-refractivity contribution in [3.8, 4) is 5.69 Å². The lowest BCUT2D eigenvalue weighted by Gasteiger charge is -2.03. The molecule has 0 radical (unpaired) electrons. The second kappa shape index (κ2) is 4.64. The first-order valence-corrected chi connectivity index (χ1v) is 6.37. The van der Waals surface area contributed by atoms with E-state index in [0.717, 1.165) is 28.0 Å². The van der Waals surface area contributed by atoms with Gasteiger partial charge in [-0.05, 0) is 36.8 Å². The van der Waals surface area contributed by atoms with Crippen LogP contribution in [0.2, 0.25) is 5.02 Å². The van der Waals surface area contributed by atoms with Crippen LogP contribution in [0.5, 0.6) is 0 Å². The van der Waals surface area contributed by atoms with Gasteiger partial charge in [-0.2, -0.15) is 5.10 Å². The molecule has 0 spiro atoms. The van der Waals surface area contributed by atoms with Gasteiger partial charge < -0.3 is 5.73 Å². The Balaban J connectivity index is 2.25. The summed E-state index contributed by atoms with van der Waals surface area (Å²) < 4.78 is 1.80. The summed E-state index contributed by atoms with van der Waals surface area (Å²) >= 11 is 6.02. The highest BCUT2D eigenvalue weighted by Crippen LogP contribution is 2.22. The summed E-state index contributed by atoms with van der Waals surface area (Å²) in [7, 11) is 0. The van der Waals surface area contributed by atoms with E-state index in [2.05, 4.69) is 10.1 Å². The van der Waals surface area contributed by atoms with Crippen LogP contribution in [-0.4, -0.2) is 14.8 Å². The van der Waals surface area contributed by atoms with Gasteiger partial charge in [-0.15, -0.1) is 0 Å². The molecule has 2 heterocycles. The van der Waals surface area contributed by atoms with Gasteiger partial charge in [0.2, 0.25) is 0 Å². The summed E-state index contributed by atoms with van der Waals surface area (Å²) in [6.45, 7) is 2.44. The number of halogens is 1. The van der Waals surface area contributed by atoms with Crippen molar-refractivity contribution < 1.29 is 0 Å². The topological polar surface area (TPSA) is 56.7 Å². The summed E-state index contributed by atoms with van der Waals surface area (Å²) in [6, 6.07) is 9.59. The summed E-state index contributed by atoms with van der Waals surface area (Å²) in [5, 5.41) is 6.23. The average molecular weight is 273 g/mol. The zero-order valence-electron chi connectivity index (χ0n) is 10.5. The Bertz CT molecular complexity index is 748. The third-order valence-electron chi connectivity index (χ3n) is 3.05. The minimum atomic E-state index is 0.477. The molecule has 2 aromatic heterocycles. The smallest absolute Gasteiger partial charge is 0.163 e. The third kappa shape index (κ3) is 2.09. The molecule has 19 heavy (non-hydrogen) atoms. The van der Waals surface area contributed by atoms with Crippen LogP contribution < -0.4 is 5.73 Å². The molecule has 5 heteroatoms. The molecule has 4 nitrogen and oxygen atoms in total. The first-order chi connectivity index (χ1) is 9.19. The lowest BCUT2D eigenvalue weighted by molar-refractivity contribution is 0.877. The summed E-state index contributed by atoms with van der Waals surface area (Å²) in [5.74, 6) is 0. The molecule has 0 aliphatic heterocycles. The number of fused-ring (bicyclic) bond motifs is 1. The number of aryl methyl sites for hydroxylation is 1. The standard InChI is InChI=1S/C14H13ClN4/c1-9-13-5-10(7-16)8-17-14(13)19(18-9)12-4-2-3-11(15)6-12/h2-6,8H,7,16H2,1H3. The molecule has 3 aromatic rings. The number of benzene rings is 1. The predicted octanol–water partition coefficient (Wildman–Crippen LogP) is 2.84. The van der Waals surface area contributed by atoms with Crippen molar-refractivity contribution in [2.75, 3.05) is 0 Å². The Kier molecular flexibility index (Phi) is 2.97. The molecular weight excluding hydrogens is 260 g/mol. The van der Waals surface area contributed by atoms with Gasteiger partial charge in [0, 0.05) is 23.2 Å². The maximum atomic E-state index is 6.02. The zero-order chi connectivity index (χ0) is 13.4. The van der Waals surface area contributed by atoms with Crippen LogP contribution in [-0.2, 0) is 6.54 Å². The molecule has 96 valence electrons. The second-order valence-corrected chi connectivity index (χ2v) is 4.83. The van der Waals surface area contributed by atoms with Crippen molar-refractivity contribution in [3.05, 3.63) is 52.8 Å². The fourth-order valence-corrected chi connectivity index (χ4v) is 2.27. The minimum Gasteiger partial charge on any atom is -0.326 e. The van der Waals surface area contributed by atoms with E-state index in [0.29, 0.717) is 11.6 Å². The second-order valence-electron chi connectivity index (χ2n) is 4.40. The number of pyridine rings is 1. The Labute approximate surface area is 115 Å². The lowest BCUT2D eigenvalue weighted by Crippen LogP contribution is -1.99. The average Bonchev–Trinajstić information content (AvgIpc) is 2.76. The molecule has 0 saturated carbocycles. The van der Waals surface area contributed by atoms with Crippen LogP contribution in [0.3, 0.4) is 0 Å². The number of aromatic nitrogens is 3. The van der Waals surface area contributed by atoms with Gasteiger partial charge in [0.05, 0.1) is 11.4 Å². The van der Waals surface area contributed by atoms with Crippen molar-refractivity contribution in [2.45, 2.75) is 13.5 Å². The number of nitrogens with two attached hydrogens (primary N) is 1. The zero-order valence-corrected chi connectivity index (χ0v) is 11.2. The largest absolute Gasteiger partial charge is 0.326 e. The maximum absolute atomic E-state index is 6.02. The number of rotatable bonds is 2. The van der Waals surface area contributed by atoms with E-state index in [9.17, 15) is 0 Å². The van der Waals surface area contributed by atoms with Crippen LogP contribution in [0.25, 0.3) is 16.7 Å². The number of hydrogen-bond donors (Lipinski definition) is 1. The highest BCUT2D eigenvalue weighted by atomic mass is 35.5. The predicted molar refractivity (Wildman–Crippen MR) is 76.5 cm³/mol. The Hall–Kier alpha value is -1.91. The molecule has 0 bridgehead atoms. The summed E-state index contributed by atoms with van der Waals surface area (Å²) in [4.78, 5) is 4.46. The highest BCUT2D eigenvalue weighted by molar-refractivity contribution is 6.30. The van der Waals surface area contributed by atoms with E-state index in [1.807, 2.05) is 37.3 Å². The molecule has 0 amide bonds. The SMILES string of the molecule is Cc1nn(-c2cccc(Cl)c2)c2ncc(CN)cc12. The summed E-state index contributed by atoms with van der Waals surface area (Å²) in [6.07, 6.45) is 1.78. The number of hydrogen-bond acceptors (Lipinski definition) is 3. The van der Waals surface area contributed by atoms with E-state index < -0.39 is 0 Å². The Morgan fingerprint density at radius 2 is 2.16 bits per heavy atom. The Morgan fingerprint density at radius 3 is 2.89 bits per heavy atom. The molecule has 0 unspecified atom stereocenters. The van der Waals surface area contributed by atoms with Gasteiger partial charge in [0.25, 0.3) is 0 Å². The highest BCUT2D eigenvalue weighted by Gasteiger charge is 2.10. The van der Waals surface area contributed by atoms with Gasteiger partial charge in [-0.3, -0.25) is 0 Å². The van der Waals surface area contributed by atoms with Gasteiger partial charge in [0.1, 0.15) is 0 Å². The van der Waals surface area contributed by atoms with Crippen LogP contribution in [0.1, 0.15) is 11.3 Å². The van der Waals surface area contributed by atoms with Gasteiger partial charge in [-0.25, -0.2) is 9.67 Å². The van der Waals surface area contributed by atoms with E-state index in [4.69, 9.17) is 17.3 Å². The minimum absolute atomic E-state index is 0.477. The molecular formula is C14H13ClN4. The lowest BCUT2D eigenvalue weighted by atomic mass is 10.2. The fourth-order valence-electron chi connectivity index (χ4n) is 2.09. The molecule has 1 aromatic carbocycles. The van der Waals surface area contributed by atoms with Gasteiger partial charge in [-0.1, -0.05) is 17.7 Å². The third-order valence-corrected chi connectivity index (χ3v) is 3.29. The number of nitrogens with zero attached hydrogens (tertiary/aromatic N) is 3. The van der Waals surface area contributed by atoms with Crippen molar-refractivity contribution in [1.29, 1.82) is 0 Å². The normalized spacial score (nSPS) is 11.1. The van der Waals surface area contributed by atoms with E-state index in [-0.39, 0.29) is 0 Å². The maximum Gasteiger partial charge on any atom is 0.163 e. The van der Waals surface area contributed by atoms with Crippen molar-refractivity contribution in [1.82, 2.24) is 14.8 Å². The quantitative estimate of drug-likeness (QED) is 0.780. The molecule has 0 fully saturated rings. The molecule has 2 N–H and O–H groups in total. The van der Waals surface area contributed by atoms with Crippen LogP contribution in [0, 0.1) is 6.92 Å². The van der Waals surface area contributed by atoms with Crippen molar-refractivity contribution >= 4 is 22.6 Å². The Morgan fingerprint density at radius 1 is 1.32 bits per heavy atom. The molecule has 0 aliphatic carbocycles. The van der Waals surface area contributed by atoms with Crippen LogP contribution in [0.4, 0.5) is 0 Å². The van der Waals surface area contributed by atoms with Gasteiger partial charge in [0.15, 0.2) is 5.65 Å².